The van der Waals surface area contributed by atoms with Crippen LogP contribution in [0, 0.1) is 18.3 Å². The first-order chi connectivity index (χ1) is 9.74. The predicted molar refractivity (Wildman–Crippen MR) is 73.2 cm³/mol. The highest BCUT2D eigenvalue weighted by molar-refractivity contribution is 7.98. The Labute approximate surface area is 122 Å². The number of rotatable bonds is 3. The fourth-order valence-corrected chi connectivity index (χ4v) is 2.81. The average molecular weight is 301 g/mol. The van der Waals surface area contributed by atoms with Crippen molar-refractivity contribution in [2.75, 3.05) is 0 Å². The highest BCUT2D eigenvalue weighted by Crippen LogP contribution is 2.29. The summed E-state index contributed by atoms with van der Waals surface area (Å²) >= 11 is 2.66. The zero-order chi connectivity index (χ0) is 13.9. The molecule has 0 fully saturated rings. The largest absolute Gasteiger partial charge is 0.410 e. The number of hydrogen-bond acceptors (Lipinski definition) is 8. The van der Waals surface area contributed by atoms with E-state index in [1.165, 1.54) is 11.3 Å². The average Bonchev–Trinajstić information content (AvgIpc) is 3.08. The molecular weight excluding hydrogens is 294 g/mol. The summed E-state index contributed by atoms with van der Waals surface area (Å²) in [5.74, 6) is 0.468. The van der Waals surface area contributed by atoms with Crippen molar-refractivity contribution in [1.82, 2.24) is 20.2 Å². The first kappa shape index (κ1) is 12.8. The van der Waals surface area contributed by atoms with Crippen LogP contribution in [0.15, 0.2) is 38.4 Å². The molecule has 0 unspecified atom stereocenters. The van der Waals surface area contributed by atoms with Gasteiger partial charge in [0.1, 0.15) is 11.8 Å². The molecule has 8 heteroatoms. The molecule has 0 aliphatic carbocycles. The van der Waals surface area contributed by atoms with Crippen molar-refractivity contribution in [3.05, 3.63) is 35.0 Å². The summed E-state index contributed by atoms with van der Waals surface area (Å²) in [7, 11) is 0. The minimum atomic E-state index is 0.318. The summed E-state index contributed by atoms with van der Waals surface area (Å²) in [6, 6.07) is 7.43. The Kier molecular flexibility index (Phi) is 3.45. The van der Waals surface area contributed by atoms with Gasteiger partial charge in [0.2, 0.25) is 0 Å². The monoisotopic (exact) mass is 301 g/mol. The Hall–Kier alpha value is -2.24. The Morgan fingerprint density at radius 3 is 3.00 bits per heavy atom. The summed E-state index contributed by atoms with van der Waals surface area (Å²) < 4.78 is 5.53. The molecule has 6 nitrogen and oxygen atoms in total. The molecule has 0 N–H and O–H groups in total. The maximum absolute atomic E-state index is 8.88. The lowest BCUT2D eigenvalue weighted by atomic mass is 10.4. The minimum Gasteiger partial charge on any atom is -0.410 e. The first-order valence-corrected chi connectivity index (χ1v) is 7.25. The van der Waals surface area contributed by atoms with E-state index >= 15 is 0 Å². The molecule has 0 amide bonds. The van der Waals surface area contributed by atoms with Gasteiger partial charge in [-0.1, -0.05) is 6.07 Å². The summed E-state index contributed by atoms with van der Waals surface area (Å²) in [6.07, 6.45) is 0. The van der Waals surface area contributed by atoms with Gasteiger partial charge in [-0.2, -0.15) is 5.26 Å². The maximum atomic E-state index is 8.88. The lowest BCUT2D eigenvalue weighted by Crippen LogP contribution is -1.93. The number of aromatic nitrogens is 4. The van der Waals surface area contributed by atoms with Crippen LogP contribution in [-0.2, 0) is 0 Å². The normalized spacial score (nSPS) is 10.4. The van der Waals surface area contributed by atoms with Crippen LogP contribution in [0.1, 0.15) is 11.4 Å². The Bertz CT molecular complexity index is 775. The first-order valence-electron chi connectivity index (χ1n) is 5.55. The van der Waals surface area contributed by atoms with Gasteiger partial charge in [-0.25, -0.2) is 9.97 Å². The molecule has 0 spiro atoms. The third-order valence-corrected chi connectivity index (χ3v) is 3.83. The number of hydrogen-bond donors (Lipinski definition) is 0. The van der Waals surface area contributed by atoms with E-state index in [1.54, 1.807) is 13.0 Å². The molecule has 0 aliphatic rings. The molecular formula is C12H7N5OS2. The summed E-state index contributed by atoms with van der Waals surface area (Å²) in [6.45, 7) is 1.80. The van der Waals surface area contributed by atoms with Crippen LogP contribution in [0.3, 0.4) is 0 Å². The molecule has 0 aromatic carbocycles. The van der Waals surface area contributed by atoms with Gasteiger partial charge in [-0.05, 0) is 24.4 Å². The quantitative estimate of drug-likeness (QED) is 0.687. The van der Waals surface area contributed by atoms with Crippen molar-refractivity contribution in [3.63, 3.8) is 0 Å². The Morgan fingerprint density at radius 1 is 1.35 bits per heavy atom. The molecule has 3 heterocycles. The highest BCUT2D eigenvalue weighted by Gasteiger charge is 2.12. The van der Waals surface area contributed by atoms with E-state index in [4.69, 9.17) is 9.68 Å². The fourth-order valence-electron chi connectivity index (χ4n) is 1.47. The summed E-state index contributed by atoms with van der Waals surface area (Å²) in [4.78, 5) is 9.22. The molecule has 3 aromatic heterocycles. The second kappa shape index (κ2) is 5.40. The van der Waals surface area contributed by atoms with Gasteiger partial charge in [0, 0.05) is 17.5 Å². The molecule has 98 valence electrons. The molecule has 0 bridgehead atoms. The zero-order valence-electron chi connectivity index (χ0n) is 10.3. The van der Waals surface area contributed by atoms with Gasteiger partial charge in [0.25, 0.3) is 11.1 Å². The van der Waals surface area contributed by atoms with Crippen LogP contribution >= 0.6 is 23.1 Å². The van der Waals surface area contributed by atoms with Gasteiger partial charge < -0.3 is 4.42 Å². The van der Waals surface area contributed by atoms with Gasteiger partial charge in [-0.3, -0.25) is 0 Å². The van der Waals surface area contributed by atoms with E-state index in [0.717, 1.165) is 22.3 Å². The van der Waals surface area contributed by atoms with Gasteiger partial charge in [-0.15, -0.1) is 21.5 Å². The Balaban J connectivity index is 1.85. The molecule has 0 saturated carbocycles. The number of aryl methyl sites for hydroxylation is 1. The second-order valence-electron chi connectivity index (χ2n) is 3.74. The van der Waals surface area contributed by atoms with E-state index in [9.17, 15) is 0 Å². The van der Waals surface area contributed by atoms with Crippen LogP contribution in [-0.4, -0.2) is 20.2 Å². The third kappa shape index (κ3) is 2.68. The molecule has 20 heavy (non-hydrogen) atoms. The summed E-state index contributed by atoms with van der Waals surface area (Å²) in [5, 5.41) is 19.5. The van der Waals surface area contributed by atoms with Gasteiger partial charge in [0.05, 0.1) is 4.88 Å². The van der Waals surface area contributed by atoms with Crippen molar-refractivity contribution in [2.24, 2.45) is 0 Å². The van der Waals surface area contributed by atoms with E-state index < -0.39 is 0 Å². The second-order valence-corrected chi connectivity index (χ2v) is 5.61. The van der Waals surface area contributed by atoms with Crippen molar-refractivity contribution in [3.8, 4) is 16.8 Å². The van der Waals surface area contributed by atoms with Crippen LogP contribution < -0.4 is 0 Å². The molecule has 3 rings (SSSR count). The molecule has 0 saturated heterocycles. The van der Waals surface area contributed by atoms with Crippen molar-refractivity contribution >= 4 is 23.1 Å². The standard InChI is InChI=1S/C12H7N5OS2/c1-7-5-8(6-13)15-11(14-7)20-12-17-16-10(18-12)9-3-2-4-19-9/h2-5H,1H3. The molecule has 3 aromatic rings. The third-order valence-electron chi connectivity index (χ3n) is 2.27. The number of nitrogens with zero attached hydrogens (tertiary/aromatic N) is 5. The molecule has 0 radical (unpaired) electrons. The van der Waals surface area contributed by atoms with Crippen molar-refractivity contribution in [1.29, 1.82) is 5.26 Å². The van der Waals surface area contributed by atoms with E-state index in [0.29, 0.717) is 22.0 Å². The molecule has 0 atom stereocenters. The van der Waals surface area contributed by atoms with Gasteiger partial charge in [0.15, 0.2) is 5.16 Å². The van der Waals surface area contributed by atoms with Crippen LogP contribution in [0.25, 0.3) is 10.8 Å². The Morgan fingerprint density at radius 2 is 2.25 bits per heavy atom. The highest BCUT2D eigenvalue weighted by atomic mass is 32.2. The topological polar surface area (TPSA) is 88.5 Å². The fraction of sp³-hybridized carbons (Fsp3) is 0.0833. The van der Waals surface area contributed by atoms with Crippen LogP contribution in [0.5, 0.6) is 0 Å². The smallest absolute Gasteiger partial charge is 0.284 e. The lowest BCUT2D eigenvalue weighted by molar-refractivity contribution is 0.466. The maximum Gasteiger partial charge on any atom is 0.284 e. The summed E-state index contributed by atoms with van der Waals surface area (Å²) in [5.41, 5.74) is 1.04. The van der Waals surface area contributed by atoms with Crippen molar-refractivity contribution in [2.45, 2.75) is 17.3 Å². The lowest BCUT2D eigenvalue weighted by Gasteiger charge is -1.97. The van der Waals surface area contributed by atoms with Gasteiger partial charge >= 0.3 is 0 Å². The number of thiophene rings is 1. The molecule has 0 aliphatic heterocycles. The van der Waals surface area contributed by atoms with Crippen LogP contribution in [0.2, 0.25) is 0 Å². The van der Waals surface area contributed by atoms with E-state index in [1.807, 2.05) is 23.6 Å². The zero-order valence-corrected chi connectivity index (χ0v) is 11.9. The number of nitriles is 1. The minimum absolute atomic E-state index is 0.318. The van der Waals surface area contributed by atoms with E-state index in [2.05, 4.69) is 20.2 Å². The predicted octanol–water partition coefficient (Wildman–Crippen LogP) is 2.92. The van der Waals surface area contributed by atoms with Crippen LogP contribution in [0.4, 0.5) is 0 Å². The SMILES string of the molecule is Cc1cc(C#N)nc(Sc2nnc(-c3cccs3)o2)n1. The van der Waals surface area contributed by atoms with E-state index in [-0.39, 0.29) is 0 Å². The van der Waals surface area contributed by atoms with Crippen molar-refractivity contribution < 1.29 is 4.42 Å².